The molecule has 0 aliphatic carbocycles. The van der Waals surface area contributed by atoms with Gasteiger partial charge in [-0.2, -0.15) is 0 Å². The first kappa shape index (κ1) is 26.0. The Morgan fingerprint density at radius 2 is 0.978 bits per heavy atom. The third-order valence-corrected chi connectivity index (χ3v) is 10.2. The van der Waals surface area contributed by atoms with Crippen molar-refractivity contribution in [1.29, 1.82) is 0 Å². The van der Waals surface area contributed by atoms with E-state index in [0.29, 0.717) is 0 Å². The summed E-state index contributed by atoms with van der Waals surface area (Å²) in [5, 5.41) is 5.26. The van der Waals surface area contributed by atoms with Crippen molar-refractivity contribution in [3.05, 3.63) is 163 Å². The molecule has 0 radical (unpaired) electrons. The number of hydrogen-bond donors (Lipinski definition) is 0. The molecule has 9 rings (SSSR count). The molecule has 2 aromatic heterocycles. The number of benzene rings is 7. The summed E-state index contributed by atoms with van der Waals surface area (Å²) in [4.78, 5) is 0. The van der Waals surface area contributed by atoms with Crippen molar-refractivity contribution in [2.24, 2.45) is 0 Å². The number of aryl methyl sites for hydroxylation is 1. The number of hydrogen-bond acceptors (Lipinski definition) is 1. The molecule has 45 heavy (non-hydrogen) atoms. The van der Waals surface area contributed by atoms with Gasteiger partial charge in [0.2, 0.25) is 0 Å². The largest absolute Gasteiger partial charge is 0.309 e. The van der Waals surface area contributed by atoms with E-state index < -0.39 is 0 Å². The molecular formula is C43H29NS. The molecule has 0 aliphatic heterocycles. The van der Waals surface area contributed by atoms with Crippen molar-refractivity contribution in [2.75, 3.05) is 0 Å². The molecule has 2 heterocycles. The average molecular weight is 592 g/mol. The van der Waals surface area contributed by atoms with Gasteiger partial charge in [-0.3, -0.25) is 0 Å². The lowest BCUT2D eigenvalue weighted by molar-refractivity contribution is 1.15. The number of thiophene rings is 1. The topological polar surface area (TPSA) is 4.93 Å². The number of nitrogens with zero attached hydrogens (tertiary/aromatic N) is 1. The average Bonchev–Trinajstić information content (AvgIpc) is 3.62. The Morgan fingerprint density at radius 1 is 0.378 bits per heavy atom. The summed E-state index contributed by atoms with van der Waals surface area (Å²) in [6.07, 6.45) is 0. The standard InChI is InChI=1S/C43H29NS/c1-28-22-31(34-24-32(29-12-4-2-5-13-29)23-33(25-34)30-14-6-3-7-15-30)20-21-39(28)44-40-18-10-8-16-35(40)37-26-38-36-17-9-11-19-42(36)45-43(38)27-41(37)44/h2-27H,1H3. The molecule has 0 bridgehead atoms. The minimum Gasteiger partial charge on any atom is -0.309 e. The molecule has 0 unspecified atom stereocenters. The summed E-state index contributed by atoms with van der Waals surface area (Å²) in [6, 6.07) is 57.7. The molecule has 1 nitrogen and oxygen atoms in total. The monoisotopic (exact) mass is 591 g/mol. The first-order valence-electron chi connectivity index (χ1n) is 15.4. The highest BCUT2D eigenvalue weighted by Gasteiger charge is 2.17. The molecule has 0 spiro atoms. The number of rotatable bonds is 4. The fraction of sp³-hybridized carbons (Fsp3) is 0.0233. The predicted molar refractivity (Wildman–Crippen MR) is 195 cm³/mol. The molecule has 0 atom stereocenters. The van der Waals surface area contributed by atoms with E-state index in [1.54, 1.807) is 0 Å². The second-order valence-corrected chi connectivity index (χ2v) is 12.9. The number of para-hydroxylation sites is 1. The van der Waals surface area contributed by atoms with Crippen molar-refractivity contribution in [2.45, 2.75) is 6.92 Å². The highest BCUT2D eigenvalue weighted by atomic mass is 32.1. The second-order valence-electron chi connectivity index (χ2n) is 11.8. The van der Waals surface area contributed by atoms with Crippen LogP contribution in [0.25, 0.3) is 81.0 Å². The van der Waals surface area contributed by atoms with Crippen molar-refractivity contribution < 1.29 is 0 Å². The first-order chi connectivity index (χ1) is 22.2. The predicted octanol–water partition coefficient (Wildman–Crippen LogP) is 12.5. The van der Waals surface area contributed by atoms with Crippen LogP contribution in [0, 0.1) is 6.92 Å². The fourth-order valence-corrected chi connectivity index (χ4v) is 8.04. The third kappa shape index (κ3) is 4.29. The van der Waals surface area contributed by atoms with Crippen molar-refractivity contribution in [3.8, 4) is 39.1 Å². The van der Waals surface area contributed by atoms with Gasteiger partial charge in [0, 0.05) is 36.6 Å². The lowest BCUT2D eigenvalue weighted by Crippen LogP contribution is -1.97. The van der Waals surface area contributed by atoms with E-state index >= 15 is 0 Å². The zero-order valence-corrected chi connectivity index (χ0v) is 25.7. The Hall–Kier alpha value is -5.44. The molecule has 0 aliphatic rings. The molecule has 0 fully saturated rings. The Labute approximate surface area is 266 Å². The fourth-order valence-electron chi connectivity index (χ4n) is 6.92. The number of aromatic nitrogens is 1. The first-order valence-corrected chi connectivity index (χ1v) is 16.2. The summed E-state index contributed by atoms with van der Waals surface area (Å²) < 4.78 is 5.13. The quantitative estimate of drug-likeness (QED) is 0.192. The van der Waals surface area contributed by atoms with Crippen molar-refractivity contribution in [1.82, 2.24) is 4.57 Å². The molecular weight excluding hydrogens is 563 g/mol. The third-order valence-electron chi connectivity index (χ3n) is 9.09. The van der Waals surface area contributed by atoms with Crippen LogP contribution in [0.5, 0.6) is 0 Å². The maximum atomic E-state index is 2.46. The van der Waals surface area contributed by atoms with Gasteiger partial charge >= 0.3 is 0 Å². The van der Waals surface area contributed by atoms with Gasteiger partial charge in [-0.1, -0.05) is 103 Å². The summed E-state index contributed by atoms with van der Waals surface area (Å²) in [7, 11) is 0. The molecule has 212 valence electrons. The van der Waals surface area contributed by atoms with E-state index in [1.165, 1.54) is 86.6 Å². The van der Waals surface area contributed by atoms with E-state index in [1.807, 2.05) is 11.3 Å². The highest BCUT2D eigenvalue weighted by Crippen LogP contribution is 2.41. The summed E-state index contributed by atoms with van der Waals surface area (Å²) in [5.74, 6) is 0. The van der Waals surface area contributed by atoms with Crippen molar-refractivity contribution in [3.63, 3.8) is 0 Å². The molecule has 0 saturated heterocycles. The number of fused-ring (bicyclic) bond motifs is 6. The minimum atomic E-state index is 1.22. The van der Waals surface area contributed by atoms with E-state index in [9.17, 15) is 0 Å². The second kappa shape index (κ2) is 10.3. The minimum absolute atomic E-state index is 1.22. The van der Waals surface area contributed by atoms with Crippen LogP contribution in [0.3, 0.4) is 0 Å². The molecule has 9 aromatic rings. The SMILES string of the molecule is Cc1cc(-c2cc(-c3ccccc3)cc(-c3ccccc3)c2)ccc1-n1c2ccccc2c2cc3c(cc21)sc1ccccc13. The van der Waals surface area contributed by atoms with Gasteiger partial charge in [0.15, 0.2) is 0 Å². The molecule has 7 aromatic carbocycles. The lowest BCUT2D eigenvalue weighted by Gasteiger charge is -2.15. The summed E-state index contributed by atoms with van der Waals surface area (Å²) in [6.45, 7) is 2.25. The Kier molecular flexibility index (Phi) is 5.97. The summed E-state index contributed by atoms with van der Waals surface area (Å²) >= 11 is 1.88. The smallest absolute Gasteiger partial charge is 0.0555 e. The Bertz CT molecular complexity index is 2480. The molecule has 0 N–H and O–H groups in total. The van der Waals surface area contributed by atoms with Crippen molar-refractivity contribution >= 4 is 53.3 Å². The van der Waals surface area contributed by atoms with E-state index in [0.717, 1.165) is 0 Å². The maximum absolute atomic E-state index is 2.46. The molecule has 0 amide bonds. The van der Waals surface area contributed by atoms with Crippen LogP contribution >= 0.6 is 11.3 Å². The van der Waals surface area contributed by atoms with Crippen LogP contribution in [0.15, 0.2) is 158 Å². The zero-order valence-electron chi connectivity index (χ0n) is 24.9. The van der Waals surface area contributed by atoms with Gasteiger partial charge in [0.1, 0.15) is 0 Å². The van der Waals surface area contributed by atoms with Crippen LogP contribution < -0.4 is 0 Å². The Morgan fingerprint density at radius 3 is 1.67 bits per heavy atom. The van der Waals surface area contributed by atoms with Crippen LogP contribution in [0.4, 0.5) is 0 Å². The van der Waals surface area contributed by atoms with Gasteiger partial charge in [0.25, 0.3) is 0 Å². The molecule has 0 saturated carbocycles. The van der Waals surface area contributed by atoms with Gasteiger partial charge in [-0.05, 0) is 100 Å². The van der Waals surface area contributed by atoms with Gasteiger partial charge in [-0.25, -0.2) is 0 Å². The Balaban J connectivity index is 1.23. The van der Waals surface area contributed by atoms with Crippen LogP contribution in [-0.2, 0) is 0 Å². The van der Waals surface area contributed by atoms with Crippen LogP contribution in [0.2, 0.25) is 0 Å². The highest BCUT2D eigenvalue weighted by molar-refractivity contribution is 7.25. The van der Waals surface area contributed by atoms with Gasteiger partial charge in [-0.15, -0.1) is 11.3 Å². The van der Waals surface area contributed by atoms with Crippen LogP contribution in [0.1, 0.15) is 5.56 Å². The van der Waals surface area contributed by atoms with Gasteiger partial charge < -0.3 is 4.57 Å². The lowest BCUT2D eigenvalue weighted by atomic mass is 9.92. The zero-order chi connectivity index (χ0) is 29.9. The summed E-state index contributed by atoms with van der Waals surface area (Å²) in [5.41, 5.74) is 12.3. The van der Waals surface area contributed by atoms with Gasteiger partial charge in [0.05, 0.1) is 11.0 Å². The molecule has 2 heteroatoms. The normalized spacial score (nSPS) is 11.7. The van der Waals surface area contributed by atoms with Crippen LogP contribution in [-0.4, -0.2) is 4.57 Å². The van der Waals surface area contributed by atoms with E-state index in [2.05, 4.69) is 169 Å². The van der Waals surface area contributed by atoms with E-state index in [-0.39, 0.29) is 0 Å². The van der Waals surface area contributed by atoms with E-state index in [4.69, 9.17) is 0 Å². The maximum Gasteiger partial charge on any atom is 0.0555 e.